The van der Waals surface area contributed by atoms with E-state index in [1.165, 1.54) is 5.56 Å². The summed E-state index contributed by atoms with van der Waals surface area (Å²) >= 11 is 0. The molecular weight excluding hydrogens is 200 g/mol. The molecule has 0 fully saturated rings. The first-order valence-electron chi connectivity index (χ1n) is 5.56. The Balaban J connectivity index is 2.40. The lowest BCUT2D eigenvalue weighted by Gasteiger charge is -2.23. The molecule has 0 bridgehead atoms. The third-order valence-corrected chi connectivity index (χ3v) is 3.16. The van der Waals surface area contributed by atoms with Gasteiger partial charge >= 0.3 is 0 Å². The maximum Gasteiger partial charge on any atom is 0.140 e. The van der Waals surface area contributed by atoms with Gasteiger partial charge in [-0.1, -0.05) is 12.1 Å². The van der Waals surface area contributed by atoms with Gasteiger partial charge in [-0.3, -0.25) is 4.79 Å². The van der Waals surface area contributed by atoms with E-state index in [1.54, 1.807) is 7.11 Å². The molecule has 1 atom stereocenters. The van der Waals surface area contributed by atoms with Crippen molar-refractivity contribution in [3.8, 4) is 5.75 Å². The maximum atomic E-state index is 11.8. The van der Waals surface area contributed by atoms with Crippen LogP contribution >= 0.6 is 0 Å². The molecule has 0 saturated heterocycles. The van der Waals surface area contributed by atoms with Crippen LogP contribution in [0.1, 0.15) is 29.9 Å². The van der Waals surface area contributed by atoms with E-state index in [2.05, 4.69) is 6.58 Å². The van der Waals surface area contributed by atoms with Gasteiger partial charge in [0.15, 0.2) is 0 Å². The standard InChI is InChI=1S/C14H16O2/c1-3-4-13-12-7-6-11(16-2)9-10(12)5-8-14(13)15/h3,6-7,9,13H,1,4-5,8H2,2H3/t13-/m1/s1. The lowest BCUT2D eigenvalue weighted by molar-refractivity contribution is -0.120. The number of fused-ring (bicyclic) bond motifs is 1. The van der Waals surface area contributed by atoms with Gasteiger partial charge in [0.1, 0.15) is 11.5 Å². The molecule has 1 aliphatic carbocycles. The van der Waals surface area contributed by atoms with E-state index in [9.17, 15) is 4.79 Å². The molecule has 0 spiro atoms. The molecule has 0 N–H and O–H groups in total. The Morgan fingerprint density at radius 2 is 2.31 bits per heavy atom. The molecular formula is C14H16O2. The van der Waals surface area contributed by atoms with E-state index >= 15 is 0 Å². The first-order chi connectivity index (χ1) is 7.76. The van der Waals surface area contributed by atoms with Crippen LogP contribution in [0.5, 0.6) is 5.75 Å². The molecule has 0 amide bonds. The number of Topliss-reactive ketones (excluding diaryl/α,β-unsaturated/α-hetero) is 1. The number of allylic oxidation sites excluding steroid dienone is 1. The predicted molar refractivity (Wildman–Crippen MR) is 63.9 cm³/mol. The predicted octanol–water partition coefficient (Wildman–Crippen LogP) is 2.87. The number of rotatable bonds is 3. The average molecular weight is 216 g/mol. The van der Waals surface area contributed by atoms with Crippen molar-refractivity contribution < 1.29 is 9.53 Å². The highest BCUT2D eigenvalue weighted by atomic mass is 16.5. The van der Waals surface area contributed by atoms with Crippen LogP contribution in [-0.4, -0.2) is 12.9 Å². The number of hydrogen-bond acceptors (Lipinski definition) is 2. The minimum absolute atomic E-state index is 0.00663. The number of carbonyl (C=O) groups is 1. The Labute approximate surface area is 95.9 Å². The van der Waals surface area contributed by atoms with Crippen LogP contribution in [0.2, 0.25) is 0 Å². The van der Waals surface area contributed by atoms with Gasteiger partial charge in [-0.05, 0) is 36.1 Å². The summed E-state index contributed by atoms with van der Waals surface area (Å²) in [5.41, 5.74) is 2.39. The minimum Gasteiger partial charge on any atom is -0.497 e. The number of ether oxygens (including phenoxy) is 1. The molecule has 0 aromatic heterocycles. The fraction of sp³-hybridized carbons (Fsp3) is 0.357. The van der Waals surface area contributed by atoms with Gasteiger partial charge in [0.2, 0.25) is 0 Å². The maximum absolute atomic E-state index is 11.8. The largest absolute Gasteiger partial charge is 0.497 e. The third kappa shape index (κ3) is 1.87. The van der Waals surface area contributed by atoms with E-state index in [1.807, 2.05) is 24.3 Å². The second-order valence-corrected chi connectivity index (χ2v) is 4.11. The third-order valence-electron chi connectivity index (χ3n) is 3.16. The van der Waals surface area contributed by atoms with Crippen molar-refractivity contribution in [3.05, 3.63) is 42.0 Å². The van der Waals surface area contributed by atoms with Crippen LogP contribution < -0.4 is 4.74 Å². The van der Waals surface area contributed by atoms with Crippen LogP contribution in [-0.2, 0) is 11.2 Å². The van der Waals surface area contributed by atoms with Gasteiger partial charge in [0.25, 0.3) is 0 Å². The monoisotopic (exact) mass is 216 g/mol. The SMILES string of the molecule is C=CC[C@H]1C(=O)CCc2cc(OC)ccc21. The zero-order chi connectivity index (χ0) is 11.5. The van der Waals surface area contributed by atoms with Crippen LogP contribution in [0.25, 0.3) is 0 Å². The smallest absolute Gasteiger partial charge is 0.140 e. The van der Waals surface area contributed by atoms with Crippen molar-refractivity contribution in [2.24, 2.45) is 0 Å². The molecule has 2 heteroatoms. The van der Waals surface area contributed by atoms with Crippen molar-refractivity contribution in [3.63, 3.8) is 0 Å². The van der Waals surface area contributed by atoms with Crippen molar-refractivity contribution >= 4 is 5.78 Å². The second-order valence-electron chi connectivity index (χ2n) is 4.11. The molecule has 2 rings (SSSR count). The number of carbonyl (C=O) groups excluding carboxylic acids is 1. The number of aryl methyl sites for hydroxylation is 1. The summed E-state index contributed by atoms with van der Waals surface area (Å²) in [5.74, 6) is 1.20. The Hall–Kier alpha value is -1.57. The van der Waals surface area contributed by atoms with E-state index in [-0.39, 0.29) is 5.92 Å². The summed E-state index contributed by atoms with van der Waals surface area (Å²) in [4.78, 5) is 11.8. The Morgan fingerprint density at radius 1 is 1.50 bits per heavy atom. The van der Waals surface area contributed by atoms with Crippen LogP contribution in [0, 0.1) is 0 Å². The fourth-order valence-electron chi connectivity index (χ4n) is 2.30. The zero-order valence-corrected chi connectivity index (χ0v) is 9.53. The topological polar surface area (TPSA) is 26.3 Å². The molecule has 16 heavy (non-hydrogen) atoms. The number of benzene rings is 1. The van der Waals surface area contributed by atoms with Crippen molar-refractivity contribution in [2.45, 2.75) is 25.2 Å². The van der Waals surface area contributed by atoms with Gasteiger partial charge in [-0.2, -0.15) is 0 Å². The zero-order valence-electron chi connectivity index (χ0n) is 9.53. The van der Waals surface area contributed by atoms with Gasteiger partial charge in [0.05, 0.1) is 7.11 Å². The Morgan fingerprint density at radius 3 is 3.00 bits per heavy atom. The number of methoxy groups -OCH3 is 1. The van der Waals surface area contributed by atoms with Crippen molar-refractivity contribution in [2.75, 3.05) is 7.11 Å². The molecule has 0 aliphatic heterocycles. The van der Waals surface area contributed by atoms with Crippen molar-refractivity contribution in [1.29, 1.82) is 0 Å². The van der Waals surface area contributed by atoms with E-state index in [0.717, 1.165) is 24.2 Å². The van der Waals surface area contributed by atoms with Gasteiger partial charge in [-0.15, -0.1) is 6.58 Å². The molecule has 84 valence electrons. The fourth-order valence-corrected chi connectivity index (χ4v) is 2.30. The summed E-state index contributed by atoms with van der Waals surface area (Å²) in [6.07, 6.45) is 4.03. The molecule has 0 radical (unpaired) electrons. The van der Waals surface area contributed by atoms with E-state index in [0.29, 0.717) is 12.2 Å². The van der Waals surface area contributed by atoms with E-state index < -0.39 is 0 Å². The number of hydrogen-bond donors (Lipinski definition) is 0. The van der Waals surface area contributed by atoms with Crippen LogP contribution in [0.3, 0.4) is 0 Å². The summed E-state index contributed by atoms with van der Waals surface area (Å²) in [6, 6.07) is 5.98. The first-order valence-corrected chi connectivity index (χ1v) is 5.56. The van der Waals surface area contributed by atoms with Gasteiger partial charge < -0.3 is 4.74 Å². The molecule has 1 aromatic rings. The summed E-state index contributed by atoms with van der Waals surface area (Å²) < 4.78 is 5.20. The molecule has 0 saturated carbocycles. The molecule has 0 unspecified atom stereocenters. The molecule has 2 nitrogen and oxygen atoms in total. The summed E-state index contributed by atoms with van der Waals surface area (Å²) in [6.45, 7) is 3.72. The molecule has 0 heterocycles. The lowest BCUT2D eigenvalue weighted by atomic mass is 9.80. The van der Waals surface area contributed by atoms with E-state index in [4.69, 9.17) is 4.74 Å². The summed E-state index contributed by atoms with van der Waals surface area (Å²) in [7, 11) is 1.66. The Bertz CT molecular complexity index is 421. The van der Waals surface area contributed by atoms with Crippen LogP contribution in [0.15, 0.2) is 30.9 Å². The highest BCUT2D eigenvalue weighted by molar-refractivity contribution is 5.88. The first kappa shape index (κ1) is 10.9. The quantitative estimate of drug-likeness (QED) is 0.726. The normalized spacial score (nSPS) is 19.1. The Kier molecular flexibility index (Phi) is 3.09. The molecule has 1 aromatic carbocycles. The lowest BCUT2D eigenvalue weighted by Crippen LogP contribution is -2.20. The van der Waals surface area contributed by atoms with Gasteiger partial charge in [-0.25, -0.2) is 0 Å². The molecule has 1 aliphatic rings. The van der Waals surface area contributed by atoms with Crippen molar-refractivity contribution in [1.82, 2.24) is 0 Å². The summed E-state index contributed by atoms with van der Waals surface area (Å²) in [5, 5.41) is 0. The second kappa shape index (κ2) is 4.52. The average Bonchev–Trinajstić information content (AvgIpc) is 2.32. The highest BCUT2D eigenvalue weighted by Gasteiger charge is 2.26. The minimum atomic E-state index is 0.00663. The highest BCUT2D eigenvalue weighted by Crippen LogP contribution is 2.33. The van der Waals surface area contributed by atoms with Gasteiger partial charge in [0, 0.05) is 12.3 Å². The number of ketones is 1. The van der Waals surface area contributed by atoms with Crippen LogP contribution in [0.4, 0.5) is 0 Å².